The molecular weight excluding hydrogens is 555 g/mol. The molecule has 1 fully saturated rings. The highest BCUT2D eigenvalue weighted by Gasteiger charge is 2.55. The van der Waals surface area contributed by atoms with E-state index in [1.807, 2.05) is 24.3 Å². The summed E-state index contributed by atoms with van der Waals surface area (Å²) in [7, 11) is -4.40. The summed E-state index contributed by atoms with van der Waals surface area (Å²) in [5, 5.41) is 26.0. The molecule has 1 aliphatic heterocycles. The lowest BCUT2D eigenvalue weighted by molar-refractivity contribution is -0.149. The molecule has 0 amide bonds. The predicted molar refractivity (Wildman–Crippen MR) is 150 cm³/mol. The summed E-state index contributed by atoms with van der Waals surface area (Å²) in [4.78, 5) is 28.5. The van der Waals surface area contributed by atoms with E-state index < -0.39 is 62.2 Å². The van der Waals surface area contributed by atoms with E-state index in [0.29, 0.717) is 0 Å². The minimum absolute atomic E-state index is 0.0411. The van der Waals surface area contributed by atoms with E-state index in [1.165, 1.54) is 19.2 Å². The van der Waals surface area contributed by atoms with E-state index in [1.54, 1.807) is 32.0 Å². The number of carbonyl (C=O) groups is 1. The van der Waals surface area contributed by atoms with E-state index in [-0.39, 0.29) is 11.6 Å². The third-order valence-corrected chi connectivity index (χ3v) is 8.02. The topological polar surface area (TPSA) is 184 Å². The highest BCUT2D eigenvalue weighted by Crippen LogP contribution is 2.48. The molecule has 13 nitrogen and oxygen atoms in total. The molecule has 1 unspecified atom stereocenters. The van der Waals surface area contributed by atoms with Crippen LogP contribution in [-0.2, 0) is 23.4 Å². The van der Waals surface area contributed by atoms with Gasteiger partial charge in [-0.3, -0.25) is 13.9 Å². The standard InChI is InChI=1S/C27H33N4O9P/c1-5-27(23(33)22(32)24(39-27)31-13-12-21(28)29-26(31)35)15-37-41(36,30-17(4)25(34)38-16(2)3)40-20-11-10-18-8-6-7-9-19(18)14-20/h5-14,16-17,22-24,32-33H,1,15H2,2-4H3,(H,30,36)(H2,28,29,35)/t17-,22+,23-,24+,27+,41?/m0/s1. The number of aliphatic hydroxyl groups excluding tert-OH is 2. The van der Waals surface area contributed by atoms with Gasteiger partial charge in [-0.1, -0.05) is 36.4 Å². The minimum atomic E-state index is -4.40. The van der Waals surface area contributed by atoms with Crippen molar-refractivity contribution < 1.29 is 38.1 Å². The van der Waals surface area contributed by atoms with Gasteiger partial charge in [-0.05, 0) is 49.7 Å². The number of esters is 1. The maximum atomic E-state index is 14.1. The molecule has 3 aromatic rings. The van der Waals surface area contributed by atoms with Crippen LogP contribution in [0.1, 0.15) is 27.0 Å². The van der Waals surface area contributed by atoms with Crippen molar-refractivity contribution in [1.82, 2.24) is 14.6 Å². The van der Waals surface area contributed by atoms with Gasteiger partial charge in [0, 0.05) is 6.20 Å². The van der Waals surface area contributed by atoms with E-state index in [4.69, 9.17) is 24.3 Å². The lowest BCUT2D eigenvalue weighted by Gasteiger charge is -2.31. The Bertz CT molecular complexity index is 1530. The molecule has 220 valence electrons. The van der Waals surface area contributed by atoms with Crippen molar-refractivity contribution >= 4 is 30.3 Å². The number of nitrogens with zero attached hydrogens (tertiary/aromatic N) is 2. The fraction of sp³-hybridized carbons (Fsp3) is 0.370. The first kappa shape index (κ1) is 30.4. The van der Waals surface area contributed by atoms with Gasteiger partial charge in [0.15, 0.2) is 6.23 Å². The molecule has 1 saturated heterocycles. The van der Waals surface area contributed by atoms with Crippen molar-refractivity contribution in [2.45, 2.75) is 57.0 Å². The van der Waals surface area contributed by atoms with E-state index >= 15 is 0 Å². The molecular formula is C27H33N4O9P. The smallest absolute Gasteiger partial charge is 0.459 e. The van der Waals surface area contributed by atoms with Crippen LogP contribution >= 0.6 is 7.75 Å². The number of nitrogen functional groups attached to an aromatic ring is 1. The minimum Gasteiger partial charge on any atom is -0.462 e. The maximum absolute atomic E-state index is 14.1. The molecule has 41 heavy (non-hydrogen) atoms. The normalized spacial score (nSPS) is 24.6. The summed E-state index contributed by atoms with van der Waals surface area (Å²) < 4.78 is 37.6. The number of fused-ring (bicyclic) bond motifs is 1. The van der Waals surface area contributed by atoms with Gasteiger partial charge in [-0.15, -0.1) is 6.58 Å². The van der Waals surface area contributed by atoms with Crippen LogP contribution in [0.4, 0.5) is 5.82 Å². The van der Waals surface area contributed by atoms with Gasteiger partial charge in [-0.2, -0.15) is 10.1 Å². The highest BCUT2D eigenvalue weighted by atomic mass is 31.2. The van der Waals surface area contributed by atoms with Crippen molar-refractivity contribution in [3.05, 3.63) is 77.9 Å². The van der Waals surface area contributed by atoms with Crippen LogP contribution in [0, 0.1) is 0 Å². The molecule has 5 N–H and O–H groups in total. The van der Waals surface area contributed by atoms with Gasteiger partial charge in [0.25, 0.3) is 0 Å². The molecule has 1 aliphatic rings. The van der Waals surface area contributed by atoms with Crippen molar-refractivity contribution in [2.75, 3.05) is 12.3 Å². The Hall–Kier alpha value is -3.58. The molecule has 0 aliphatic carbocycles. The number of ether oxygens (including phenoxy) is 2. The second-order valence-electron chi connectivity index (χ2n) is 9.85. The van der Waals surface area contributed by atoms with Crippen molar-refractivity contribution in [3.8, 4) is 5.75 Å². The number of nitrogens with one attached hydrogen (secondary N) is 1. The molecule has 14 heteroatoms. The molecule has 1 aromatic heterocycles. The quantitative estimate of drug-likeness (QED) is 0.146. The van der Waals surface area contributed by atoms with Gasteiger partial charge in [0.2, 0.25) is 0 Å². The molecule has 6 atom stereocenters. The number of rotatable bonds is 11. The van der Waals surface area contributed by atoms with Gasteiger partial charge in [0.05, 0.1) is 12.7 Å². The molecule has 4 rings (SSSR count). The average molecular weight is 589 g/mol. The summed E-state index contributed by atoms with van der Waals surface area (Å²) in [6, 6.07) is 12.6. The zero-order valence-corrected chi connectivity index (χ0v) is 23.6. The predicted octanol–water partition coefficient (Wildman–Crippen LogP) is 2.29. The first-order valence-corrected chi connectivity index (χ1v) is 14.3. The number of aliphatic hydroxyl groups is 2. The number of nitrogens with two attached hydrogens (primary N) is 1. The molecule has 0 bridgehead atoms. The Kier molecular flexibility index (Phi) is 8.97. The lowest BCUT2D eigenvalue weighted by atomic mass is 9.96. The number of hydrogen-bond donors (Lipinski definition) is 4. The molecule has 2 heterocycles. The van der Waals surface area contributed by atoms with Gasteiger partial charge < -0.3 is 29.9 Å². The Morgan fingerprint density at radius 1 is 1.24 bits per heavy atom. The third kappa shape index (κ3) is 6.67. The summed E-state index contributed by atoms with van der Waals surface area (Å²) >= 11 is 0. The zero-order chi connectivity index (χ0) is 29.9. The fourth-order valence-electron chi connectivity index (χ4n) is 4.26. The first-order chi connectivity index (χ1) is 19.4. The maximum Gasteiger partial charge on any atom is 0.459 e. The zero-order valence-electron chi connectivity index (χ0n) is 22.7. The fourth-order valence-corrected chi connectivity index (χ4v) is 5.78. The molecule has 0 spiro atoms. The summed E-state index contributed by atoms with van der Waals surface area (Å²) in [6.07, 6.45) is -2.72. The average Bonchev–Trinajstić information content (AvgIpc) is 3.17. The van der Waals surface area contributed by atoms with Crippen LogP contribution in [0.25, 0.3) is 10.8 Å². The Labute approximate surface area is 236 Å². The monoisotopic (exact) mass is 588 g/mol. The van der Waals surface area contributed by atoms with Crippen LogP contribution in [0.2, 0.25) is 0 Å². The Balaban J connectivity index is 1.62. The van der Waals surface area contributed by atoms with E-state index in [9.17, 15) is 24.4 Å². The number of hydrogen-bond acceptors (Lipinski definition) is 11. The van der Waals surface area contributed by atoms with Gasteiger partial charge >= 0.3 is 19.4 Å². The number of carbonyl (C=O) groups excluding carboxylic acids is 1. The Morgan fingerprint density at radius 3 is 2.61 bits per heavy atom. The van der Waals surface area contributed by atoms with Gasteiger partial charge in [-0.25, -0.2) is 9.36 Å². The molecule has 2 aromatic carbocycles. The number of aromatic nitrogens is 2. The second kappa shape index (κ2) is 12.1. The number of benzene rings is 2. The second-order valence-corrected chi connectivity index (χ2v) is 11.5. The van der Waals surface area contributed by atoms with Crippen molar-refractivity contribution in [1.29, 1.82) is 0 Å². The van der Waals surface area contributed by atoms with E-state index in [0.717, 1.165) is 21.4 Å². The molecule has 0 radical (unpaired) electrons. The Morgan fingerprint density at radius 2 is 1.95 bits per heavy atom. The largest absolute Gasteiger partial charge is 0.462 e. The van der Waals surface area contributed by atoms with Gasteiger partial charge in [0.1, 0.15) is 35.4 Å². The lowest BCUT2D eigenvalue weighted by Crippen LogP contribution is -2.46. The highest BCUT2D eigenvalue weighted by molar-refractivity contribution is 7.52. The summed E-state index contributed by atoms with van der Waals surface area (Å²) in [5.74, 6) is -0.574. The first-order valence-electron chi connectivity index (χ1n) is 12.8. The van der Waals surface area contributed by atoms with Crippen molar-refractivity contribution in [3.63, 3.8) is 0 Å². The SMILES string of the molecule is C=C[C@]1(COP(=O)(N[C@@H](C)C(=O)OC(C)C)Oc2ccc3ccccc3c2)O[C@@H](n2ccc(N)nc2=O)[C@H](O)[C@@H]1O. The summed E-state index contributed by atoms with van der Waals surface area (Å²) in [5.41, 5.74) is 2.87. The third-order valence-electron chi connectivity index (χ3n) is 6.39. The van der Waals surface area contributed by atoms with Crippen LogP contribution in [0.15, 0.2) is 72.2 Å². The molecule has 0 saturated carbocycles. The van der Waals surface area contributed by atoms with Crippen LogP contribution in [-0.4, -0.2) is 62.3 Å². The van der Waals surface area contributed by atoms with Crippen LogP contribution in [0.3, 0.4) is 0 Å². The van der Waals surface area contributed by atoms with Crippen LogP contribution < -0.4 is 21.0 Å². The van der Waals surface area contributed by atoms with E-state index in [2.05, 4.69) is 16.7 Å². The number of anilines is 1. The van der Waals surface area contributed by atoms with Crippen LogP contribution in [0.5, 0.6) is 5.75 Å². The van der Waals surface area contributed by atoms with Crippen molar-refractivity contribution in [2.24, 2.45) is 0 Å². The summed E-state index contributed by atoms with van der Waals surface area (Å²) in [6.45, 7) is 7.78.